The molecule has 1 aliphatic rings. The minimum atomic E-state index is -4.40. The zero-order valence-electron chi connectivity index (χ0n) is 17.2. The molecular formula is C22H22ClF3N4S. The summed E-state index contributed by atoms with van der Waals surface area (Å²) >= 11 is 7.49. The summed E-state index contributed by atoms with van der Waals surface area (Å²) in [5.74, 6) is 0. The Morgan fingerprint density at radius 1 is 1.19 bits per heavy atom. The fourth-order valence-electron chi connectivity index (χ4n) is 3.93. The third-order valence-corrected chi connectivity index (χ3v) is 6.73. The first kappa shape index (κ1) is 22.2. The second-order valence-electron chi connectivity index (χ2n) is 7.94. The number of hydrogen-bond donors (Lipinski definition) is 0. The van der Waals surface area contributed by atoms with Crippen LogP contribution < -0.4 is 0 Å². The zero-order chi connectivity index (χ0) is 22.2. The Kier molecular flexibility index (Phi) is 6.32. The number of aryl methyl sites for hydroxylation is 1. The average Bonchev–Trinajstić information content (AvgIpc) is 3.27. The molecule has 2 aromatic heterocycles. The Morgan fingerprint density at radius 3 is 2.68 bits per heavy atom. The molecule has 3 aromatic rings. The molecule has 164 valence electrons. The smallest absolute Gasteiger partial charge is 0.296 e. The molecular weight excluding hydrogens is 445 g/mol. The lowest BCUT2D eigenvalue weighted by molar-refractivity contribution is -0.137. The normalized spacial score (nSPS) is 17.4. The maximum Gasteiger partial charge on any atom is 0.416 e. The van der Waals surface area contributed by atoms with Crippen molar-refractivity contribution in [2.24, 2.45) is 0 Å². The number of aromatic nitrogens is 3. The van der Waals surface area contributed by atoms with Crippen molar-refractivity contribution in [3.63, 3.8) is 0 Å². The number of hydrogen-bond acceptors (Lipinski definition) is 5. The topological polar surface area (TPSA) is 41.9 Å². The van der Waals surface area contributed by atoms with Crippen LogP contribution in [0.15, 0.2) is 30.6 Å². The van der Waals surface area contributed by atoms with Gasteiger partial charge in [-0.15, -0.1) is 11.3 Å². The van der Waals surface area contributed by atoms with Gasteiger partial charge in [-0.3, -0.25) is 4.90 Å². The summed E-state index contributed by atoms with van der Waals surface area (Å²) in [4.78, 5) is 16.2. The number of halogens is 4. The molecule has 0 aliphatic carbocycles. The van der Waals surface area contributed by atoms with Gasteiger partial charge in [0.05, 0.1) is 22.0 Å². The van der Waals surface area contributed by atoms with E-state index in [2.05, 4.69) is 21.8 Å². The molecule has 1 atom stereocenters. The zero-order valence-corrected chi connectivity index (χ0v) is 18.8. The van der Waals surface area contributed by atoms with Crippen molar-refractivity contribution in [3.05, 3.63) is 62.5 Å². The minimum absolute atomic E-state index is 0.349. The second-order valence-corrected chi connectivity index (χ2v) is 9.49. The van der Waals surface area contributed by atoms with Crippen LogP contribution in [0.5, 0.6) is 0 Å². The summed E-state index contributed by atoms with van der Waals surface area (Å²) in [6.07, 6.45) is -0.295. The highest BCUT2D eigenvalue weighted by molar-refractivity contribution is 7.12. The molecule has 31 heavy (non-hydrogen) atoms. The third-order valence-electron chi connectivity index (χ3n) is 5.48. The van der Waals surface area contributed by atoms with Gasteiger partial charge in [0.25, 0.3) is 0 Å². The lowest BCUT2D eigenvalue weighted by atomic mass is 10.0. The fourth-order valence-corrected chi connectivity index (χ4v) is 5.23. The van der Waals surface area contributed by atoms with Gasteiger partial charge in [0, 0.05) is 29.4 Å². The maximum atomic E-state index is 13.4. The van der Waals surface area contributed by atoms with Crippen molar-refractivity contribution in [1.82, 2.24) is 19.9 Å². The van der Waals surface area contributed by atoms with E-state index in [1.54, 1.807) is 19.1 Å². The van der Waals surface area contributed by atoms with Crippen LogP contribution in [0, 0.1) is 6.92 Å². The molecule has 4 nitrogen and oxygen atoms in total. The molecule has 1 saturated heterocycles. The molecule has 1 fully saturated rings. The number of rotatable bonds is 5. The van der Waals surface area contributed by atoms with Gasteiger partial charge in [0.15, 0.2) is 0 Å². The van der Waals surface area contributed by atoms with E-state index in [0.717, 1.165) is 35.0 Å². The predicted octanol–water partition coefficient (Wildman–Crippen LogP) is 6.16. The van der Waals surface area contributed by atoms with Gasteiger partial charge in [-0.05, 0) is 63.1 Å². The van der Waals surface area contributed by atoms with E-state index in [-0.39, 0.29) is 0 Å². The molecule has 1 aromatic carbocycles. The fraction of sp³-hybridized carbons (Fsp3) is 0.409. The molecule has 0 radical (unpaired) electrons. The van der Waals surface area contributed by atoms with Crippen LogP contribution in [0.1, 0.15) is 46.5 Å². The van der Waals surface area contributed by atoms with E-state index in [0.29, 0.717) is 41.0 Å². The summed E-state index contributed by atoms with van der Waals surface area (Å²) in [6.45, 7) is 5.52. The molecule has 3 heterocycles. The maximum absolute atomic E-state index is 13.4. The van der Waals surface area contributed by atoms with Crippen molar-refractivity contribution in [2.45, 2.75) is 51.9 Å². The first-order valence-electron chi connectivity index (χ1n) is 10.1. The van der Waals surface area contributed by atoms with Gasteiger partial charge in [-0.1, -0.05) is 11.6 Å². The Balaban J connectivity index is 1.74. The molecule has 0 saturated carbocycles. The second kappa shape index (κ2) is 8.84. The summed E-state index contributed by atoms with van der Waals surface area (Å²) < 4.78 is 40.3. The SMILES string of the molecule is Cc1cc(-c2nc(Cc3cc(Cl)ncn3)sc2CN2CCC[C@H]2C)cc(C(F)(F)F)c1. The minimum Gasteiger partial charge on any atom is -0.296 e. The standard InChI is InChI=1S/C22H22ClF3N4S/c1-13-6-15(8-16(7-13)22(24,25)26)21-18(11-30-5-3-4-14(30)2)31-20(29-21)10-17-9-19(23)28-12-27-17/h6-9,12,14H,3-5,10-11H2,1-2H3/t14-/m1/s1. The number of benzene rings is 1. The first-order chi connectivity index (χ1) is 14.7. The Morgan fingerprint density at radius 2 is 2.00 bits per heavy atom. The molecule has 0 amide bonds. The highest BCUT2D eigenvalue weighted by atomic mass is 35.5. The van der Waals surface area contributed by atoms with Gasteiger partial charge < -0.3 is 0 Å². The van der Waals surface area contributed by atoms with Gasteiger partial charge in [0.2, 0.25) is 0 Å². The van der Waals surface area contributed by atoms with Crippen molar-refractivity contribution >= 4 is 22.9 Å². The summed E-state index contributed by atoms with van der Waals surface area (Å²) in [7, 11) is 0. The lowest BCUT2D eigenvalue weighted by Crippen LogP contribution is -2.25. The quantitative estimate of drug-likeness (QED) is 0.422. The highest BCUT2D eigenvalue weighted by Gasteiger charge is 2.32. The van der Waals surface area contributed by atoms with Crippen molar-refractivity contribution in [2.75, 3.05) is 6.54 Å². The van der Waals surface area contributed by atoms with Crippen LogP contribution in [0.25, 0.3) is 11.3 Å². The largest absolute Gasteiger partial charge is 0.416 e. The van der Waals surface area contributed by atoms with Crippen LogP contribution in [0.4, 0.5) is 13.2 Å². The van der Waals surface area contributed by atoms with E-state index in [4.69, 9.17) is 16.6 Å². The predicted molar refractivity (Wildman–Crippen MR) is 116 cm³/mol. The molecule has 0 spiro atoms. The molecule has 0 N–H and O–H groups in total. The van der Waals surface area contributed by atoms with Gasteiger partial charge in [-0.25, -0.2) is 15.0 Å². The van der Waals surface area contributed by atoms with Crippen LogP contribution >= 0.6 is 22.9 Å². The average molecular weight is 467 g/mol. The summed E-state index contributed by atoms with van der Waals surface area (Å²) in [6, 6.07) is 6.26. The Bertz CT molecular complexity index is 1080. The molecule has 0 unspecified atom stereocenters. The highest BCUT2D eigenvalue weighted by Crippen LogP contribution is 2.37. The molecule has 1 aliphatic heterocycles. The van der Waals surface area contributed by atoms with Gasteiger partial charge in [-0.2, -0.15) is 13.2 Å². The molecule has 4 rings (SSSR count). The van der Waals surface area contributed by atoms with Crippen LogP contribution in [0.3, 0.4) is 0 Å². The monoisotopic (exact) mass is 466 g/mol. The van der Waals surface area contributed by atoms with E-state index in [9.17, 15) is 13.2 Å². The number of thiazole rings is 1. The number of likely N-dealkylation sites (tertiary alicyclic amines) is 1. The summed E-state index contributed by atoms with van der Waals surface area (Å²) in [5, 5.41) is 1.14. The van der Waals surface area contributed by atoms with Crippen LogP contribution in [-0.4, -0.2) is 32.4 Å². The number of alkyl halides is 3. The van der Waals surface area contributed by atoms with Crippen molar-refractivity contribution in [3.8, 4) is 11.3 Å². The van der Waals surface area contributed by atoms with E-state index >= 15 is 0 Å². The third kappa shape index (κ3) is 5.25. The van der Waals surface area contributed by atoms with E-state index in [1.807, 2.05) is 0 Å². The lowest BCUT2D eigenvalue weighted by Gasteiger charge is -2.20. The first-order valence-corrected chi connectivity index (χ1v) is 11.3. The van der Waals surface area contributed by atoms with E-state index in [1.165, 1.54) is 29.8 Å². The van der Waals surface area contributed by atoms with Crippen LogP contribution in [-0.2, 0) is 19.1 Å². The summed E-state index contributed by atoms with van der Waals surface area (Å²) in [5.41, 5.74) is 1.75. The Labute approximate surface area is 188 Å². The Hall–Kier alpha value is -2.03. The van der Waals surface area contributed by atoms with E-state index < -0.39 is 11.7 Å². The van der Waals surface area contributed by atoms with Crippen molar-refractivity contribution in [1.29, 1.82) is 0 Å². The van der Waals surface area contributed by atoms with Crippen molar-refractivity contribution < 1.29 is 13.2 Å². The molecule has 0 bridgehead atoms. The van der Waals surface area contributed by atoms with Crippen LogP contribution in [0.2, 0.25) is 5.15 Å². The van der Waals surface area contributed by atoms with Gasteiger partial charge in [0.1, 0.15) is 11.5 Å². The van der Waals surface area contributed by atoms with Gasteiger partial charge >= 0.3 is 6.18 Å². The molecule has 9 heteroatoms. The number of nitrogens with zero attached hydrogens (tertiary/aromatic N) is 4.